The Bertz CT molecular complexity index is 558. The van der Waals surface area contributed by atoms with Crippen LogP contribution in [0, 0.1) is 0 Å². The largest absolute Gasteiger partial charge is 0.481 e. The highest BCUT2D eigenvalue weighted by molar-refractivity contribution is 5.70. The summed E-state index contributed by atoms with van der Waals surface area (Å²) in [4.78, 5) is 10.6. The fourth-order valence-corrected chi connectivity index (χ4v) is 1.87. The summed E-state index contributed by atoms with van der Waals surface area (Å²) in [5, 5.41) is 8.71. The lowest BCUT2D eigenvalue weighted by Crippen LogP contribution is -1.99. The van der Waals surface area contributed by atoms with Crippen LogP contribution in [0.1, 0.15) is 18.1 Å². The molecule has 3 nitrogen and oxygen atoms in total. The van der Waals surface area contributed by atoms with Crippen molar-refractivity contribution in [3.8, 4) is 11.5 Å². The highest BCUT2D eigenvalue weighted by Gasteiger charge is 2.04. The van der Waals surface area contributed by atoms with Crippen LogP contribution in [-0.2, 0) is 17.6 Å². The van der Waals surface area contributed by atoms with Crippen LogP contribution < -0.4 is 4.74 Å². The molecule has 0 heterocycles. The molecule has 98 valence electrons. The second-order valence-electron chi connectivity index (χ2n) is 4.28. The smallest absolute Gasteiger partial charge is 0.307 e. The molecule has 19 heavy (non-hydrogen) atoms. The molecule has 0 aliphatic carbocycles. The standard InChI is InChI=1S/C16H16O3/c1-2-13-5-3-4-6-15(13)19-14-9-7-12(8-10-14)11-16(17)18/h3-10H,2,11H2,1H3,(H,17,18). The van der Waals surface area contributed by atoms with E-state index in [-0.39, 0.29) is 6.42 Å². The maximum atomic E-state index is 10.6. The molecule has 0 aliphatic rings. The highest BCUT2D eigenvalue weighted by atomic mass is 16.5. The van der Waals surface area contributed by atoms with E-state index in [1.54, 1.807) is 24.3 Å². The van der Waals surface area contributed by atoms with Gasteiger partial charge in [-0.1, -0.05) is 37.3 Å². The minimum Gasteiger partial charge on any atom is -0.481 e. The van der Waals surface area contributed by atoms with Gasteiger partial charge in [0.25, 0.3) is 0 Å². The van der Waals surface area contributed by atoms with Crippen LogP contribution in [0.4, 0.5) is 0 Å². The average Bonchev–Trinajstić information content (AvgIpc) is 2.41. The lowest BCUT2D eigenvalue weighted by atomic mass is 10.1. The van der Waals surface area contributed by atoms with Crippen molar-refractivity contribution in [1.29, 1.82) is 0 Å². The highest BCUT2D eigenvalue weighted by Crippen LogP contribution is 2.25. The van der Waals surface area contributed by atoms with Crippen molar-refractivity contribution < 1.29 is 14.6 Å². The predicted molar refractivity (Wildman–Crippen MR) is 73.7 cm³/mol. The number of carbonyl (C=O) groups is 1. The van der Waals surface area contributed by atoms with Crippen LogP contribution in [-0.4, -0.2) is 11.1 Å². The van der Waals surface area contributed by atoms with Crippen molar-refractivity contribution in [2.75, 3.05) is 0 Å². The van der Waals surface area contributed by atoms with E-state index in [0.29, 0.717) is 0 Å². The fourth-order valence-electron chi connectivity index (χ4n) is 1.87. The van der Waals surface area contributed by atoms with Crippen molar-refractivity contribution in [2.24, 2.45) is 0 Å². The Balaban J connectivity index is 2.13. The molecular formula is C16H16O3. The first-order valence-electron chi connectivity index (χ1n) is 6.25. The molecule has 2 aromatic rings. The average molecular weight is 256 g/mol. The summed E-state index contributed by atoms with van der Waals surface area (Å²) in [7, 11) is 0. The maximum absolute atomic E-state index is 10.6. The summed E-state index contributed by atoms with van der Waals surface area (Å²) in [5.74, 6) is 0.732. The number of hydrogen-bond donors (Lipinski definition) is 1. The van der Waals surface area contributed by atoms with Gasteiger partial charge in [-0.25, -0.2) is 0 Å². The molecule has 2 rings (SSSR count). The van der Waals surface area contributed by atoms with E-state index >= 15 is 0 Å². The summed E-state index contributed by atoms with van der Waals surface area (Å²) in [6.07, 6.45) is 0.944. The Hall–Kier alpha value is -2.29. The second kappa shape index (κ2) is 6.05. The van der Waals surface area contributed by atoms with Crippen LogP contribution in [0.5, 0.6) is 11.5 Å². The maximum Gasteiger partial charge on any atom is 0.307 e. The SMILES string of the molecule is CCc1ccccc1Oc1ccc(CC(=O)O)cc1. The molecule has 0 radical (unpaired) electrons. The molecule has 0 unspecified atom stereocenters. The minimum absolute atomic E-state index is 0.0336. The van der Waals surface area contributed by atoms with E-state index in [0.717, 1.165) is 29.0 Å². The first-order chi connectivity index (χ1) is 9.19. The first-order valence-corrected chi connectivity index (χ1v) is 6.25. The van der Waals surface area contributed by atoms with E-state index in [1.165, 1.54) is 0 Å². The zero-order valence-electron chi connectivity index (χ0n) is 10.8. The molecule has 0 saturated carbocycles. The number of ether oxygens (including phenoxy) is 1. The van der Waals surface area contributed by atoms with Crippen LogP contribution >= 0.6 is 0 Å². The fraction of sp³-hybridized carbons (Fsp3) is 0.188. The summed E-state index contributed by atoms with van der Waals surface area (Å²) >= 11 is 0. The number of rotatable bonds is 5. The molecule has 0 fully saturated rings. The number of aliphatic carboxylic acids is 1. The Kier molecular flexibility index (Phi) is 4.18. The summed E-state index contributed by atoms with van der Waals surface area (Å²) in [5.41, 5.74) is 1.92. The summed E-state index contributed by atoms with van der Waals surface area (Å²) < 4.78 is 5.81. The van der Waals surface area contributed by atoms with Gasteiger partial charge in [-0.15, -0.1) is 0 Å². The van der Waals surface area contributed by atoms with Gasteiger partial charge in [-0.3, -0.25) is 4.79 Å². The first kappa shape index (κ1) is 13.1. The Labute approximate surface area is 112 Å². The van der Waals surface area contributed by atoms with E-state index in [1.807, 2.05) is 24.3 Å². The minimum atomic E-state index is -0.829. The van der Waals surface area contributed by atoms with Crippen LogP contribution in [0.2, 0.25) is 0 Å². The van der Waals surface area contributed by atoms with Crippen LogP contribution in [0.3, 0.4) is 0 Å². The van der Waals surface area contributed by atoms with E-state index in [9.17, 15) is 4.79 Å². The van der Waals surface area contributed by atoms with Gasteiger partial charge in [0.05, 0.1) is 6.42 Å². The number of aryl methyl sites for hydroxylation is 1. The number of para-hydroxylation sites is 1. The van der Waals surface area contributed by atoms with Gasteiger partial charge in [0, 0.05) is 0 Å². The van der Waals surface area contributed by atoms with Crippen molar-refractivity contribution in [2.45, 2.75) is 19.8 Å². The molecule has 0 amide bonds. The molecule has 0 atom stereocenters. The third kappa shape index (κ3) is 3.58. The zero-order valence-corrected chi connectivity index (χ0v) is 10.8. The molecule has 3 heteroatoms. The van der Waals surface area contributed by atoms with Gasteiger partial charge in [0.2, 0.25) is 0 Å². The van der Waals surface area contributed by atoms with Gasteiger partial charge in [0.1, 0.15) is 11.5 Å². The summed E-state index contributed by atoms with van der Waals surface area (Å²) in [6, 6.07) is 15.0. The van der Waals surface area contributed by atoms with Gasteiger partial charge in [0.15, 0.2) is 0 Å². The molecule has 0 spiro atoms. The van der Waals surface area contributed by atoms with Gasteiger partial charge < -0.3 is 9.84 Å². The molecule has 0 aliphatic heterocycles. The van der Waals surface area contributed by atoms with E-state index in [4.69, 9.17) is 9.84 Å². The van der Waals surface area contributed by atoms with Crippen molar-refractivity contribution in [3.63, 3.8) is 0 Å². The number of carboxylic acid groups (broad SMARTS) is 1. The molecule has 0 bridgehead atoms. The second-order valence-corrected chi connectivity index (χ2v) is 4.28. The zero-order chi connectivity index (χ0) is 13.7. The summed E-state index contributed by atoms with van der Waals surface area (Å²) in [6.45, 7) is 2.08. The van der Waals surface area contributed by atoms with Crippen LogP contribution in [0.15, 0.2) is 48.5 Å². The lowest BCUT2D eigenvalue weighted by Gasteiger charge is -2.10. The molecule has 0 aromatic heterocycles. The number of hydrogen-bond acceptors (Lipinski definition) is 2. The third-order valence-corrected chi connectivity index (χ3v) is 2.86. The monoisotopic (exact) mass is 256 g/mol. The molecule has 1 N–H and O–H groups in total. The van der Waals surface area contributed by atoms with Crippen molar-refractivity contribution >= 4 is 5.97 Å². The van der Waals surface area contributed by atoms with Crippen molar-refractivity contribution in [1.82, 2.24) is 0 Å². The number of carboxylic acids is 1. The normalized spacial score (nSPS) is 10.2. The van der Waals surface area contributed by atoms with Gasteiger partial charge in [-0.05, 0) is 35.7 Å². The quantitative estimate of drug-likeness (QED) is 0.887. The third-order valence-electron chi connectivity index (χ3n) is 2.86. The van der Waals surface area contributed by atoms with Gasteiger partial charge >= 0.3 is 5.97 Å². The van der Waals surface area contributed by atoms with Crippen molar-refractivity contribution in [3.05, 3.63) is 59.7 Å². The molecule has 0 saturated heterocycles. The Morgan fingerprint density at radius 3 is 2.42 bits per heavy atom. The van der Waals surface area contributed by atoms with E-state index in [2.05, 4.69) is 6.92 Å². The Morgan fingerprint density at radius 1 is 1.11 bits per heavy atom. The van der Waals surface area contributed by atoms with E-state index < -0.39 is 5.97 Å². The predicted octanol–water partition coefficient (Wildman–Crippen LogP) is 3.67. The van der Waals surface area contributed by atoms with Crippen LogP contribution in [0.25, 0.3) is 0 Å². The number of benzene rings is 2. The topological polar surface area (TPSA) is 46.5 Å². The van der Waals surface area contributed by atoms with Gasteiger partial charge in [-0.2, -0.15) is 0 Å². The Morgan fingerprint density at radius 2 is 1.79 bits per heavy atom. The lowest BCUT2D eigenvalue weighted by molar-refractivity contribution is -0.136. The molecule has 2 aromatic carbocycles. The molecular weight excluding hydrogens is 240 g/mol.